The number of hydrogen-bond acceptors (Lipinski definition) is 4. The number of allylic oxidation sites excluding steroid dienone is 3. The summed E-state index contributed by atoms with van der Waals surface area (Å²) in [5.74, 6) is 0.305. The van der Waals surface area contributed by atoms with E-state index in [4.69, 9.17) is 5.73 Å². The van der Waals surface area contributed by atoms with E-state index < -0.39 is 12.1 Å². The molecule has 0 spiro atoms. The molecular weight excluding hydrogens is 390 g/mol. The zero-order chi connectivity index (χ0) is 20.4. The van der Waals surface area contributed by atoms with Gasteiger partial charge in [-0.1, -0.05) is 44.2 Å². The molecule has 1 amide bonds. The van der Waals surface area contributed by atoms with Crippen LogP contribution in [0.15, 0.2) is 59.5 Å². The van der Waals surface area contributed by atoms with Crippen LogP contribution in [0.1, 0.15) is 25.8 Å². The van der Waals surface area contributed by atoms with E-state index in [1.807, 2.05) is 36.5 Å². The Morgan fingerprint density at radius 2 is 1.97 bits per heavy atom. The van der Waals surface area contributed by atoms with Gasteiger partial charge < -0.3 is 15.7 Å². The number of rotatable bonds is 5. The summed E-state index contributed by atoms with van der Waals surface area (Å²) in [5, 5.41) is 9.36. The van der Waals surface area contributed by atoms with E-state index >= 15 is 0 Å². The Bertz CT molecular complexity index is 875. The fraction of sp³-hybridized carbons (Fsp3) is 0.364. The van der Waals surface area contributed by atoms with Crippen LogP contribution in [-0.2, 0) is 4.79 Å². The Morgan fingerprint density at radius 3 is 2.52 bits per heavy atom. The molecule has 1 aromatic carbocycles. The molecule has 0 bridgehead atoms. The maximum Gasteiger partial charge on any atom is 0.407 e. The molecule has 1 aliphatic heterocycles. The van der Waals surface area contributed by atoms with Crippen molar-refractivity contribution in [2.75, 3.05) is 20.1 Å². The summed E-state index contributed by atoms with van der Waals surface area (Å²) in [6.07, 6.45) is 2.87. The van der Waals surface area contributed by atoms with E-state index in [9.17, 15) is 14.7 Å². The van der Waals surface area contributed by atoms with Crippen LogP contribution in [0.4, 0.5) is 4.79 Å². The molecule has 0 saturated carbocycles. The van der Waals surface area contributed by atoms with Gasteiger partial charge in [-0.05, 0) is 28.7 Å². The van der Waals surface area contributed by atoms with Crippen molar-refractivity contribution >= 4 is 29.9 Å². The van der Waals surface area contributed by atoms with Gasteiger partial charge in [0.1, 0.15) is 6.04 Å². The van der Waals surface area contributed by atoms with Crippen LogP contribution in [0, 0.1) is 5.92 Å². The van der Waals surface area contributed by atoms with Gasteiger partial charge in [-0.25, -0.2) is 4.79 Å². The summed E-state index contributed by atoms with van der Waals surface area (Å²) in [6.45, 7) is 5.44. The Morgan fingerprint density at radius 1 is 1.31 bits per heavy atom. The minimum Gasteiger partial charge on any atom is -0.465 e. The maximum absolute atomic E-state index is 12.7. The van der Waals surface area contributed by atoms with Crippen LogP contribution >= 0.6 is 12.4 Å². The number of fused-ring (bicyclic) bond motifs is 1. The second-order valence-corrected chi connectivity index (χ2v) is 7.65. The minimum atomic E-state index is -1.12. The maximum atomic E-state index is 12.7. The van der Waals surface area contributed by atoms with Gasteiger partial charge in [0.15, 0.2) is 5.78 Å². The van der Waals surface area contributed by atoms with Crippen molar-refractivity contribution in [1.29, 1.82) is 0 Å². The highest BCUT2D eigenvalue weighted by molar-refractivity contribution is 5.99. The number of likely N-dealkylation sites (N-methyl/N-ethyl adjacent to an activating group) is 1. The lowest BCUT2D eigenvalue weighted by Crippen LogP contribution is -2.43. The van der Waals surface area contributed by atoms with E-state index in [-0.39, 0.29) is 24.6 Å². The molecule has 2 aliphatic rings. The molecule has 0 aromatic heterocycles. The number of Topliss-reactive ketones (excluding diaryl/α,β-unsaturated/α-hetero) is 1. The summed E-state index contributed by atoms with van der Waals surface area (Å²) in [4.78, 5) is 27.3. The van der Waals surface area contributed by atoms with E-state index in [1.54, 1.807) is 6.08 Å². The van der Waals surface area contributed by atoms with Crippen LogP contribution in [-0.4, -0.2) is 53.0 Å². The zero-order valence-corrected chi connectivity index (χ0v) is 17.8. The number of ketones is 1. The second-order valence-electron chi connectivity index (χ2n) is 7.65. The SMILES string of the molecule is CC(C)CN1C=C2CC(=O)C(N(C)C(=O)O)C=C2C(c2ccccc2)=C1CN.Cl. The molecule has 1 heterocycles. The van der Waals surface area contributed by atoms with Gasteiger partial charge in [-0.15, -0.1) is 12.4 Å². The van der Waals surface area contributed by atoms with Crippen LogP contribution in [0.3, 0.4) is 0 Å². The van der Waals surface area contributed by atoms with Gasteiger partial charge >= 0.3 is 6.09 Å². The average Bonchev–Trinajstić information content (AvgIpc) is 2.66. The zero-order valence-electron chi connectivity index (χ0n) is 17.0. The fourth-order valence-electron chi connectivity index (χ4n) is 3.82. The van der Waals surface area contributed by atoms with E-state index in [1.165, 1.54) is 7.05 Å². The molecule has 7 heteroatoms. The Hall–Kier alpha value is -2.57. The van der Waals surface area contributed by atoms with E-state index in [0.717, 1.165) is 39.4 Å². The first-order valence-corrected chi connectivity index (χ1v) is 9.50. The van der Waals surface area contributed by atoms with Crippen LogP contribution < -0.4 is 5.73 Å². The Labute approximate surface area is 177 Å². The highest BCUT2D eigenvalue weighted by Crippen LogP contribution is 2.41. The highest BCUT2D eigenvalue weighted by Gasteiger charge is 2.35. The molecule has 0 saturated heterocycles. The first-order valence-electron chi connectivity index (χ1n) is 9.50. The van der Waals surface area contributed by atoms with Crippen molar-refractivity contribution in [1.82, 2.24) is 9.80 Å². The lowest BCUT2D eigenvalue weighted by molar-refractivity contribution is -0.121. The van der Waals surface area contributed by atoms with Crippen molar-refractivity contribution in [3.05, 3.63) is 65.0 Å². The van der Waals surface area contributed by atoms with Gasteiger partial charge in [0.25, 0.3) is 0 Å². The largest absolute Gasteiger partial charge is 0.465 e. The molecule has 6 nitrogen and oxygen atoms in total. The predicted molar refractivity (Wildman–Crippen MR) is 117 cm³/mol. The van der Waals surface area contributed by atoms with Crippen molar-refractivity contribution < 1.29 is 14.7 Å². The highest BCUT2D eigenvalue weighted by atomic mass is 35.5. The molecule has 3 N–H and O–H groups in total. The number of benzene rings is 1. The topological polar surface area (TPSA) is 86.9 Å². The number of carboxylic acid groups (broad SMARTS) is 1. The third-order valence-corrected chi connectivity index (χ3v) is 5.12. The third-order valence-electron chi connectivity index (χ3n) is 5.12. The Balaban J connectivity index is 0.00000300. The molecule has 1 aliphatic carbocycles. The van der Waals surface area contributed by atoms with Gasteiger partial charge in [0, 0.05) is 44.0 Å². The minimum absolute atomic E-state index is 0. The van der Waals surface area contributed by atoms with Crippen molar-refractivity contribution in [2.24, 2.45) is 11.7 Å². The quantitative estimate of drug-likeness (QED) is 0.765. The molecule has 1 atom stereocenters. The van der Waals surface area contributed by atoms with Crippen LogP contribution in [0.5, 0.6) is 0 Å². The van der Waals surface area contributed by atoms with Gasteiger partial charge in [-0.2, -0.15) is 0 Å². The van der Waals surface area contributed by atoms with Gasteiger partial charge in [0.05, 0.1) is 0 Å². The van der Waals surface area contributed by atoms with Gasteiger partial charge in [0.2, 0.25) is 0 Å². The molecule has 1 unspecified atom stereocenters. The van der Waals surface area contributed by atoms with Crippen LogP contribution in [0.2, 0.25) is 0 Å². The molecule has 0 fully saturated rings. The number of hydrogen-bond donors (Lipinski definition) is 2. The third kappa shape index (κ3) is 4.54. The van der Waals surface area contributed by atoms with Crippen LogP contribution in [0.25, 0.3) is 5.57 Å². The molecule has 29 heavy (non-hydrogen) atoms. The number of nitrogens with zero attached hydrogens (tertiary/aromatic N) is 2. The molecule has 3 rings (SSSR count). The second kappa shape index (κ2) is 9.29. The summed E-state index contributed by atoms with van der Waals surface area (Å²) < 4.78 is 0. The van der Waals surface area contributed by atoms with Crippen molar-refractivity contribution in [3.8, 4) is 0 Å². The number of amides is 1. The van der Waals surface area contributed by atoms with Crippen molar-refractivity contribution in [3.63, 3.8) is 0 Å². The summed E-state index contributed by atoms with van der Waals surface area (Å²) in [6, 6.07) is 9.15. The molecule has 156 valence electrons. The first kappa shape index (κ1) is 22.7. The normalized spacial score (nSPS) is 18.7. The lowest BCUT2D eigenvalue weighted by atomic mass is 9.80. The first-order chi connectivity index (χ1) is 13.3. The van der Waals surface area contributed by atoms with E-state index in [2.05, 4.69) is 18.7 Å². The van der Waals surface area contributed by atoms with Crippen molar-refractivity contribution in [2.45, 2.75) is 26.3 Å². The standard InChI is InChI=1S/C22H27N3O3.ClH/c1-14(2)12-25-13-16-9-20(26)18(24(3)22(27)28)10-17(16)21(19(25)11-23)15-7-5-4-6-8-15;/h4-8,10,13-14,18H,9,11-12,23H2,1-3H3,(H,27,28);1H. The lowest BCUT2D eigenvalue weighted by Gasteiger charge is -2.37. The monoisotopic (exact) mass is 417 g/mol. The molecule has 1 aromatic rings. The Kier molecular flexibility index (Phi) is 7.27. The number of nitrogens with two attached hydrogens (primary N) is 1. The smallest absolute Gasteiger partial charge is 0.407 e. The number of carbonyl (C=O) groups excluding carboxylic acids is 1. The van der Waals surface area contributed by atoms with Gasteiger partial charge in [-0.3, -0.25) is 9.69 Å². The fourth-order valence-corrected chi connectivity index (χ4v) is 3.82. The summed E-state index contributed by atoms with van der Waals surface area (Å²) >= 11 is 0. The summed E-state index contributed by atoms with van der Waals surface area (Å²) in [5.41, 5.74) is 11.0. The average molecular weight is 418 g/mol. The summed E-state index contributed by atoms with van der Waals surface area (Å²) in [7, 11) is 1.43. The molecular formula is C22H28ClN3O3. The number of halogens is 1. The number of carbonyl (C=O) groups is 2. The molecule has 0 radical (unpaired) electrons. The predicted octanol–water partition coefficient (Wildman–Crippen LogP) is 3.51. The van der Waals surface area contributed by atoms with E-state index in [0.29, 0.717) is 12.5 Å².